The lowest BCUT2D eigenvalue weighted by Crippen LogP contribution is -2.14. The highest BCUT2D eigenvalue weighted by atomic mass is 35.5. The summed E-state index contributed by atoms with van der Waals surface area (Å²) in [5.41, 5.74) is 1.67. The molecule has 4 aromatic rings. The third-order valence-corrected chi connectivity index (χ3v) is 6.60. The monoisotopic (exact) mass is 449 g/mol. The van der Waals surface area contributed by atoms with Gasteiger partial charge in [-0.2, -0.15) is 0 Å². The molecule has 1 amide bonds. The molecule has 2 aromatic carbocycles. The minimum atomic E-state index is -0.150. The van der Waals surface area contributed by atoms with Crippen molar-refractivity contribution in [3.8, 4) is 11.4 Å². The number of amides is 1. The maximum Gasteiger partial charge on any atom is 0.236 e. The molecule has 0 aliphatic heterocycles. The average Bonchev–Trinajstić information content (AvgIpc) is 3.25. The molecule has 0 atom stereocenters. The van der Waals surface area contributed by atoms with Crippen LogP contribution in [-0.4, -0.2) is 31.4 Å². The normalized spacial score (nSPS) is 11.1. The van der Waals surface area contributed by atoms with Gasteiger partial charge in [-0.1, -0.05) is 58.4 Å². The number of para-hydroxylation sites is 1. The lowest BCUT2D eigenvalue weighted by Gasteiger charge is -2.05. The molecule has 0 aliphatic carbocycles. The topological polar surface area (TPSA) is 72.7 Å². The van der Waals surface area contributed by atoms with Crippen LogP contribution in [0.1, 0.15) is 0 Å². The molecule has 0 saturated heterocycles. The molecule has 0 bridgehead atoms. The molecule has 0 fully saturated rings. The average molecular weight is 450 g/mol. The lowest BCUT2D eigenvalue weighted by atomic mass is 10.2. The van der Waals surface area contributed by atoms with Crippen LogP contribution in [0.5, 0.6) is 0 Å². The van der Waals surface area contributed by atoms with Gasteiger partial charge in [-0.15, -0.1) is 10.2 Å². The van der Waals surface area contributed by atoms with Gasteiger partial charge in [0.1, 0.15) is 0 Å². The number of fused-ring (bicyclic) bond motifs is 1. The van der Waals surface area contributed by atoms with Crippen LogP contribution in [0.4, 0.5) is 5.13 Å². The number of carbonyl (C=O) groups excluding carboxylic acids is 1. The molecular weight excluding hydrogens is 437 g/mol. The van der Waals surface area contributed by atoms with E-state index in [0.717, 1.165) is 15.8 Å². The van der Waals surface area contributed by atoms with Crippen molar-refractivity contribution in [2.75, 3.05) is 11.1 Å². The van der Waals surface area contributed by atoms with Crippen molar-refractivity contribution in [2.24, 2.45) is 7.05 Å². The summed E-state index contributed by atoms with van der Waals surface area (Å²) in [6.45, 7) is 0. The predicted octanol–water partition coefficient (Wildman–Crippen LogP) is 5.13. The van der Waals surface area contributed by atoms with Gasteiger partial charge in [-0.05, 0) is 30.3 Å². The second-order valence-electron chi connectivity index (χ2n) is 5.82. The fourth-order valence-corrected chi connectivity index (χ4v) is 4.43. The van der Waals surface area contributed by atoms with Gasteiger partial charge < -0.3 is 9.88 Å². The maximum atomic E-state index is 12.3. The van der Waals surface area contributed by atoms with E-state index >= 15 is 0 Å². The number of hydrogen-bond donors (Lipinski definition) is 1. The van der Waals surface area contributed by atoms with E-state index in [-0.39, 0.29) is 11.7 Å². The van der Waals surface area contributed by atoms with Crippen LogP contribution in [0.2, 0.25) is 10.0 Å². The van der Waals surface area contributed by atoms with E-state index in [2.05, 4.69) is 20.5 Å². The highest BCUT2D eigenvalue weighted by Gasteiger charge is 2.15. The van der Waals surface area contributed by atoms with Crippen LogP contribution >= 0.6 is 46.3 Å². The Bertz CT molecular complexity index is 1140. The molecule has 0 aliphatic rings. The standard InChI is InChI=1S/C18H13Cl2N5OS2/c1-25-16(10-6-7-11(19)12(20)8-10)23-24-18(25)27-9-15(26)22-17-21-13-4-2-3-5-14(13)28-17/h2-8H,9H2,1H3,(H,21,22,26). The first-order valence-corrected chi connectivity index (χ1v) is 10.7. The Labute approximate surface area is 178 Å². The van der Waals surface area contributed by atoms with Crippen LogP contribution in [0.25, 0.3) is 21.6 Å². The highest BCUT2D eigenvalue weighted by Crippen LogP contribution is 2.29. The third-order valence-electron chi connectivity index (χ3n) is 3.89. The number of nitrogens with zero attached hydrogens (tertiary/aromatic N) is 4. The van der Waals surface area contributed by atoms with E-state index < -0.39 is 0 Å². The zero-order chi connectivity index (χ0) is 19.7. The summed E-state index contributed by atoms with van der Waals surface area (Å²) in [7, 11) is 1.84. The first-order valence-electron chi connectivity index (χ1n) is 8.14. The van der Waals surface area contributed by atoms with Crippen LogP contribution in [0.3, 0.4) is 0 Å². The van der Waals surface area contributed by atoms with Gasteiger partial charge in [-0.25, -0.2) is 4.98 Å². The summed E-state index contributed by atoms with van der Waals surface area (Å²) in [5, 5.41) is 13.3. The molecule has 10 heteroatoms. The van der Waals surface area contributed by atoms with Gasteiger partial charge in [0.2, 0.25) is 5.91 Å². The summed E-state index contributed by atoms with van der Waals surface area (Å²) in [5.74, 6) is 0.694. The van der Waals surface area contributed by atoms with Crippen LogP contribution in [-0.2, 0) is 11.8 Å². The molecule has 2 heterocycles. The van der Waals surface area contributed by atoms with Gasteiger partial charge in [0.15, 0.2) is 16.1 Å². The van der Waals surface area contributed by atoms with Crippen molar-refractivity contribution >= 4 is 67.6 Å². The van der Waals surface area contributed by atoms with E-state index in [4.69, 9.17) is 23.2 Å². The molecule has 4 rings (SSSR count). The van der Waals surface area contributed by atoms with Gasteiger partial charge in [0.05, 0.1) is 26.0 Å². The van der Waals surface area contributed by atoms with Crippen LogP contribution in [0.15, 0.2) is 47.6 Å². The van der Waals surface area contributed by atoms with Crippen molar-refractivity contribution in [1.29, 1.82) is 0 Å². The number of anilines is 1. The zero-order valence-corrected chi connectivity index (χ0v) is 17.7. The number of thiazole rings is 1. The quantitative estimate of drug-likeness (QED) is 0.427. The molecular formula is C18H13Cl2N5OS2. The predicted molar refractivity (Wildman–Crippen MR) is 115 cm³/mol. The smallest absolute Gasteiger partial charge is 0.236 e. The fourth-order valence-electron chi connectivity index (χ4n) is 2.54. The molecule has 0 saturated carbocycles. The largest absolute Gasteiger partial charge is 0.305 e. The van der Waals surface area contributed by atoms with Gasteiger partial charge in [0, 0.05) is 12.6 Å². The van der Waals surface area contributed by atoms with Crippen molar-refractivity contribution in [1.82, 2.24) is 19.7 Å². The number of thioether (sulfide) groups is 1. The number of benzene rings is 2. The zero-order valence-electron chi connectivity index (χ0n) is 14.5. The summed E-state index contributed by atoms with van der Waals surface area (Å²) >= 11 is 14.8. The van der Waals surface area contributed by atoms with E-state index in [1.54, 1.807) is 12.1 Å². The molecule has 0 radical (unpaired) electrons. The molecule has 6 nitrogen and oxygen atoms in total. The summed E-state index contributed by atoms with van der Waals surface area (Å²) in [6, 6.07) is 13.0. The number of rotatable bonds is 5. The van der Waals surface area contributed by atoms with Crippen molar-refractivity contribution in [2.45, 2.75) is 5.16 Å². The minimum Gasteiger partial charge on any atom is -0.305 e. The Balaban J connectivity index is 1.42. The molecule has 1 N–H and O–H groups in total. The minimum absolute atomic E-state index is 0.150. The second kappa shape index (κ2) is 8.08. The molecule has 2 aromatic heterocycles. The van der Waals surface area contributed by atoms with E-state index in [1.807, 2.05) is 41.9 Å². The van der Waals surface area contributed by atoms with Crippen LogP contribution < -0.4 is 5.32 Å². The molecule has 0 unspecified atom stereocenters. The Morgan fingerprint density at radius 2 is 2.00 bits per heavy atom. The summed E-state index contributed by atoms with van der Waals surface area (Å²) in [4.78, 5) is 16.7. The van der Waals surface area contributed by atoms with Gasteiger partial charge >= 0.3 is 0 Å². The Morgan fingerprint density at radius 1 is 1.18 bits per heavy atom. The van der Waals surface area contributed by atoms with E-state index in [0.29, 0.717) is 26.2 Å². The number of aromatic nitrogens is 4. The van der Waals surface area contributed by atoms with Crippen molar-refractivity contribution < 1.29 is 4.79 Å². The Hall–Kier alpha value is -2.13. The first kappa shape index (κ1) is 19.2. The lowest BCUT2D eigenvalue weighted by molar-refractivity contribution is -0.113. The van der Waals surface area contributed by atoms with Crippen LogP contribution in [0, 0.1) is 0 Å². The Morgan fingerprint density at radius 3 is 2.79 bits per heavy atom. The fraction of sp³-hybridized carbons (Fsp3) is 0.111. The van der Waals surface area contributed by atoms with Gasteiger partial charge in [0.25, 0.3) is 0 Å². The molecule has 0 spiro atoms. The summed E-state index contributed by atoms with van der Waals surface area (Å²) < 4.78 is 2.85. The Kier molecular flexibility index (Phi) is 5.54. The third kappa shape index (κ3) is 4.00. The molecule has 28 heavy (non-hydrogen) atoms. The van der Waals surface area contributed by atoms with E-state index in [1.165, 1.54) is 23.1 Å². The molecule has 142 valence electrons. The number of nitrogens with one attached hydrogen (secondary N) is 1. The van der Waals surface area contributed by atoms with Crippen molar-refractivity contribution in [3.63, 3.8) is 0 Å². The van der Waals surface area contributed by atoms with E-state index in [9.17, 15) is 4.79 Å². The summed E-state index contributed by atoms with van der Waals surface area (Å²) in [6.07, 6.45) is 0. The SMILES string of the molecule is Cn1c(SCC(=O)Nc2nc3ccccc3s2)nnc1-c1ccc(Cl)c(Cl)c1. The maximum absolute atomic E-state index is 12.3. The highest BCUT2D eigenvalue weighted by molar-refractivity contribution is 7.99. The second-order valence-corrected chi connectivity index (χ2v) is 8.61. The number of hydrogen-bond acceptors (Lipinski definition) is 6. The number of carbonyl (C=O) groups is 1. The number of halogens is 2. The van der Waals surface area contributed by atoms with Gasteiger partial charge in [-0.3, -0.25) is 4.79 Å². The van der Waals surface area contributed by atoms with Crippen molar-refractivity contribution in [3.05, 3.63) is 52.5 Å². The first-order chi connectivity index (χ1) is 13.5.